The van der Waals surface area contributed by atoms with Gasteiger partial charge in [-0.05, 0) is 66.8 Å². The van der Waals surface area contributed by atoms with Gasteiger partial charge in [-0.25, -0.2) is 0 Å². The fourth-order valence-electron chi connectivity index (χ4n) is 4.08. The van der Waals surface area contributed by atoms with E-state index in [0.29, 0.717) is 43.0 Å². The Bertz CT molecular complexity index is 1360. The molecule has 1 N–H and O–H groups in total. The first-order valence-corrected chi connectivity index (χ1v) is 11.9. The van der Waals surface area contributed by atoms with E-state index in [1.165, 1.54) is 0 Å². The number of ether oxygens (including phenoxy) is 1. The number of pyridine rings is 1. The Balaban J connectivity index is 1.62. The Hall–Kier alpha value is -2.77. The lowest BCUT2D eigenvalue weighted by molar-refractivity contribution is 0.415. The summed E-state index contributed by atoms with van der Waals surface area (Å²) in [7, 11) is 1.58. The first kappa shape index (κ1) is 23.0. The Kier molecular flexibility index (Phi) is 6.40. The van der Waals surface area contributed by atoms with Crippen LogP contribution in [0.5, 0.6) is 5.75 Å². The fourth-order valence-corrected chi connectivity index (χ4v) is 5.07. The summed E-state index contributed by atoms with van der Waals surface area (Å²) in [6.45, 7) is 0. The second kappa shape index (κ2) is 9.47. The van der Waals surface area contributed by atoms with E-state index in [4.69, 9.17) is 56.2 Å². The van der Waals surface area contributed by atoms with Crippen LogP contribution in [0.4, 0.5) is 5.69 Å². The van der Waals surface area contributed by atoms with Gasteiger partial charge in [-0.15, -0.1) is 0 Å². The van der Waals surface area contributed by atoms with Crippen molar-refractivity contribution in [2.45, 2.75) is 12.1 Å². The van der Waals surface area contributed by atoms with Crippen LogP contribution in [-0.2, 0) is 0 Å². The van der Waals surface area contributed by atoms with Gasteiger partial charge in [-0.1, -0.05) is 46.9 Å². The lowest BCUT2D eigenvalue weighted by atomic mass is 10.0. The quantitative estimate of drug-likeness (QED) is 0.270. The van der Waals surface area contributed by atoms with E-state index >= 15 is 0 Å². The number of furan rings is 1. The van der Waals surface area contributed by atoms with Crippen molar-refractivity contribution < 1.29 is 9.15 Å². The minimum absolute atomic E-state index is 0.261. The molecule has 0 aliphatic carbocycles. The molecular weight excluding hydrogens is 513 g/mol. The lowest BCUT2D eigenvalue weighted by Crippen LogP contribution is -2.29. The Labute approximate surface area is 217 Å². The van der Waals surface area contributed by atoms with Crippen LogP contribution < -0.4 is 15.0 Å². The van der Waals surface area contributed by atoms with Crippen LogP contribution in [0.3, 0.4) is 0 Å². The molecule has 0 unspecified atom stereocenters. The van der Waals surface area contributed by atoms with Gasteiger partial charge in [-0.3, -0.25) is 4.98 Å². The third kappa shape index (κ3) is 4.12. The van der Waals surface area contributed by atoms with Crippen molar-refractivity contribution in [2.24, 2.45) is 0 Å². The van der Waals surface area contributed by atoms with E-state index in [0.717, 1.165) is 11.4 Å². The van der Waals surface area contributed by atoms with Crippen molar-refractivity contribution in [1.82, 2.24) is 10.3 Å². The van der Waals surface area contributed by atoms with Gasteiger partial charge >= 0.3 is 0 Å². The highest BCUT2D eigenvalue weighted by Gasteiger charge is 2.42. The van der Waals surface area contributed by atoms with Crippen LogP contribution >= 0.6 is 47.0 Å². The third-order valence-corrected chi connectivity index (χ3v) is 7.08. The molecule has 0 saturated carbocycles. The number of nitrogens with one attached hydrogen (secondary N) is 1. The molecule has 5 rings (SSSR count). The highest BCUT2D eigenvalue weighted by Crippen LogP contribution is 2.45. The van der Waals surface area contributed by atoms with E-state index in [-0.39, 0.29) is 12.1 Å². The molecule has 1 saturated heterocycles. The van der Waals surface area contributed by atoms with Crippen LogP contribution in [0, 0.1) is 0 Å². The molecule has 34 heavy (non-hydrogen) atoms. The predicted molar refractivity (Wildman–Crippen MR) is 140 cm³/mol. The average Bonchev–Trinajstić information content (AvgIpc) is 3.46. The second-order valence-corrected chi connectivity index (χ2v) is 9.20. The zero-order valence-corrected chi connectivity index (χ0v) is 20.9. The second-order valence-electron chi connectivity index (χ2n) is 7.62. The molecule has 1 aliphatic heterocycles. The summed E-state index contributed by atoms with van der Waals surface area (Å²) in [6, 6.07) is 19.9. The average molecular weight is 531 g/mol. The Morgan fingerprint density at radius 2 is 1.85 bits per heavy atom. The summed E-state index contributed by atoms with van der Waals surface area (Å²) in [5.41, 5.74) is 2.34. The highest BCUT2D eigenvalue weighted by atomic mass is 35.5. The summed E-state index contributed by atoms with van der Waals surface area (Å²) in [4.78, 5) is 6.53. The number of halogens is 3. The monoisotopic (exact) mass is 529 g/mol. The Morgan fingerprint density at radius 3 is 2.59 bits per heavy atom. The summed E-state index contributed by atoms with van der Waals surface area (Å²) >= 11 is 24.9. The summed E-state index contributed by atoms with van der Waals surface area (Å²) < 4.78 is 11.7. The van der Waals surface area contributed by atoms with Crippen molar-refractivity contribution in [3.05, 3.63) is 99.4 Å². The van der Waals surface area contributed by atoms with Crippen LogP contribution in [-0.4, -0.2) is 17.2 Å². The number of rotatable bonds is 5. The van der Waals surface area contributed by atoms with Crippen molar-refractivity contribution in [3.63, 3.8) is 0 Å². The van der Waals surface area contributed by atoms with Crippen LogP contribution in [0.1, 0.15) is 23.5 Å². The van der Waals surface area contributed by atoms with Gasteiger partial charge in [0.05, 0.1) is 33.9 Å². The molecule has 9 heteroatoms. The molecule has 3 heterocycles. The molecule has 1 aliphatic rings. The third-order valence-electron chi connectivity index (χ3n) is 5.65. The maximum Gasteiger partial charge on any atom is 0.174 e. The summed E-state index contributed by atoms with van der Waals surface area (Å²) in [5, 5.41) is 5.30. The number of methoxy groups -OCH3 is 1. The number of thiocarbonyl (C=S) groups is 1. The van der Waals surface area contributed by atoms with E-state index in [1.54, 1.807) is 19.4 Å². The zero-order valence-electron chi connectivity index (χ0n) is 17.8. The number of hydrogen-bond donors (Lipinski definition) is 1. The van der Waals surface area contributed by atoms with Gasteiger partial charge in [0, 0.05) is 17.4 Å². The minimum atomic E-state index is -0.335. The molecule has 0 spiro atoms. The van der Waals surface area contributed by atoms with Gasteiger partial charge in [0.15, 0.2) is 5.11 Å². The number of hydrogen-bond acceptors (Lipinski definition) is 4. The number of benzene rings is 2. The number of anilines is 1. The van der Waals surface area contributed by atoms with Crippen LogP contribution in [0.25, 0.3) is 11.3 Å². The van der Waals surface area contributed by atoms with Crippen molar-refractivity contribution in [1.29, 1.82) is 0 Å². The SMILES string of the molecule is COc1ccc(N2C(=S)N[C@H](c3ccccn3)[C@@H]2c2ccc(-c3cccc(Cl)c3Cl)o2)cc1Cl. The van der Waals surface area contributed by atoms with Gasteiger partial charge < -0.3 is 19.4 Å². The summed E-state index contributed by atoms with van der Waals surface area (Å²) in [6.07, 6.45) is 1.75. The standard InChI is InChI=1S/C25H18Cl3N3O2S/c1-32-20-9-8-14(13-17(20)27)31-24(23(30-25(31)34)18-7-2-3-12-29-18)21-11-10-19(33-21)15-5-4-6-16(26)22(15)28/h2-13,23-24H,1H3,(H,30,34)/t23-,24+/m1/s1. The predicted octanol–water partition coefficient (Wildman–Crippen LogP) is 7.49. The molecule has 172 valence electrons. The number of nitrogens with zero attached hydrogens (tertiary/aromatic N) is 2. The molecule has 1 fully saturated rings. The minimum Gasteiger partial charge on any atom is -0.495 e. The zero-order chi connectivity index (χ0) is 23.8. The molecule has 2 aromatic carbocycles. The molecule has 2 atom stereocenters. The largest absolute Gasteiger partial charge is 0.495 e. The fraction of sp³-hybridized carbons (Fsp3) is 0.120. The first-order valence-electron chi connectivity index (χ1n) is 10.4. The summed E-state index contributed by atoms with van der Waals surface area (Å²) in [5.74, 6) is 1.87. The Morgan fingerprint density at radius 1 is 1.00 bits per heavy atom. The van der Waals surface area contributed by atoms with Crippen LogP contribution in [0.2, 0.25) is 15.1 Å². The molecule has 4 aromatic rings. The van der Waals surface area contributed by atoms with Gasteiger partial charge in [0.1, 0.15) is 23.3 Å². The molecular formula is C25H18Cl3N3O2S. The normalized spacial score (nSPS) is 17.6. The smallest absolute Gasteiger partial charge is 0.174 e. The van der Waals surface area contributed by atoms with E-state index in [1.807, 2.05) is 65.6 Å². The molecule has 2 aromatic heterocycles. The van der Waals surface area contributed by atoms with Gasteiger partial charge in [0.25, 0.3) is 0 Å². The molecule has 0 radical (unpaired) electrons. The maximum absolute atomic E-state index is 6.44. The molecule has 0 bridgehead atoms. The highest BCUT2D eigenvalue weighted by molar-refractivity contribution is 7.80. The van der Waals surface area contributed by atoms with Crippen molar-refractivity contribution >= 4 is 57.8 Å². The van der Waals surface area contributed by atoms with E-state index in [2.05, 4.69) is 10.3 Å². The van der Waals surface area contributed by atoms with Gasteiger partial charge in [0.2, 0.25) is 0 Å². The molecule has 0 amide bonds. The van der Waals surface area contributed by atoms with Crippen molar-refractivity contribution in [2.75, 3.05) is 12.0 Å². The van der Waals surface area contributed by atoms with Crippen molar-refractivity contribution in [3.8, 4) is 17.1 Å². The molecule has 5 nitrogen and oxygen atoms in total. The van der Waals surface area contributed by atoms with E-state index < -0.39 is 0 Å². The number of aromatic nitrogens is 1. The lowest BCUT2D eigenvalue weighted by Gasteiger charge is -2.26. The topological polar surface area (TPSA) is 50.5 Å². The van der Waals surface area contributed by atoms with Gasteiger partial charge in [-0.2, -0.15) is 0 Å². The maximum atomic E-state index is 6.44. The van der Waals surface area contributed by atoms with Crippen LogP contribution in [0.15, 0.2) is 77.3 Å². The first-order chi connectivity index (χ1) is 16.5. The van der Waals surface area contributed by atoms with E-state index in [9.17, 15) is 0 Å².